The molecule has 1 saturated heterocycles. The number of aromatic nitrogens is 1. The highest BCUT2D eigenvalue weighted by molar-refractivity contribution is 5.46. The molecule has 0 aromatic carbocycles. The van der Waals surface area contributed by atoms with Crippen molar-refractivity contribution in [3.05, 3.63) is 24.0 Å². The van der Waals surface area contributed by atoms with Gasteiger partial charge in [0, 0.05) is 12.6 Å². The number of rotatable bonds is 3. The number of piperidine rings is 1. The van der Waals surface area contributed by atoms with Gasteiger partial charge in [-0.3, -0.25) is 4.98 Å². The Kier molecular flexibility index (Phi) is 4.25. The molecule has 3 atom stereocenters. The zero-order valence-corrected chi connectivity index (χ0v) is 12.5. The van der Waals surface area contributed by atoms with Crippen LogP contribution >= 0.6 is 0 Å². The molecule has 1 aliphatic carbocycles. The fourth-order valence-electron chi connectivity index (χ4n) is 3.92. The van der Waals surface area contributed by atoms with E-state index in [-0.39, 0.29) is 0 Å². The van der Waals surface area contributed by atoms with E-state index < -0.39 is 6.10 Å². The lowest BCUT2D eigenvalue weighted by Crippen LogP contribution is -2.46. The second-order valence-corrected chi connectivity index (χ2v) is 6.31. The molecule has 1 N–H and O–H groups in total. The zero-order chi connectivity index (χ0) is 13.9. The number of anilines is 1. The van der Waals surface area contributed by atoms with Crippen LogP contribution in [0.5, 0.6) is 0 Å². The Morgan fingerprint density at radius 2 is 2.05 bits per heavy atom. The summed E-state index contributed by atoms with van der Waals surface area (Å²) in [4.78, 5) is 7.04. The van der Waals surface area contributed by atoms with Crippen molar-refractivity contribution in [2.24, 2.45) is 5.92 Å². The molecule has 0 radical (unpaired) electrons. The molecule has 110 valence electrons. The topological polar surface area (TPSA) is 36.4 Å². The quantitative estimate of drug-likeness (QED) is 0.913. The molecule has 1 aromatic heterocycles. The molecule has 20 heavy (non-hydrogen) atoms. The first kappa shape index (κ1) is 13.9. The van der Waals surface area contributed by atoms with Crippen LogP contribution < -0.4 is 4.90 Å². The predicted octanol–water partition coefficient (Wildman–Crippen LogP) is 3.68. The highest BCUT2D eigenvalue weighted by Gasteiger charge is 2.33. The van der Waals surface area contributed by atoms with Crippen LogP contribution in [0.15, 0.2) is 18.3 Å². The SMILES string of the molecule is CC[C@H](O)c1ccc(N2CCC[C@H]3CCCC[C@H]32)cn1. The molecule has 1 saturated carbocycles. The van der Waals surface area contributed by atoms with Crippen molar-refractivity contribution in [2.75, 3.05) is 11.4 Å². The summed E-state index contributed by atoms with van der Waals surface area (Å²) in [5.74, 6) is 0.887. The fourth-order valence-corrected chi connectivity index (χ4v) is 3.92. The zero-order valence-electron chi connectivity index (χ0n) is 12.5. The maximum absolute atomic E-state index is 9.84. The monoisotopic (exact) mass is 274 g/mol. The molecule has 3 heteroatoms. The maximum Gasteiger partial charge on any atom is 0.0957 e. The minimum absolute atomic E-state index is 0.423. The van der Waals surface area contributed by atoms with E-state index in [1.165, 1.54) is 50.8 Å². The highest BCUT2D eigenvalue weighted by atomic mass is 16.3. The van der Waals surface area contributed by atoms with Gasteiger partial charge in [-0.1, -0.05) is 19.8 Å². The third-order valence-corrected chi connectivity index (χ3v) is 5.07. The van der Waals surface area contributed by atoms with Gasteiger partial charge < -0.3 is 10.0 Å². The molecular weight excluding hydrogens is 248 g/mol. The molecule has 2 aliphatic rings. The van der Waals surface area contributed by atoms with Gasteiger partial charge in [-0.25, -0.2) is 0 Å². The molecule has 0 bridgehead atoms. The van der Waals surface area contributed by atoms with E-state index in [0.717, 1.165) is 24.1 Å². The number of fused-ring (bicyclic) bond motifs is 1. The van der Waals surface area contributed by atoms with Crippen molar-refractivity contribution in [3.8, 4) is 0 Å². The number of hydrogen-bond donors (Lipinski definition) is 1. The molecule has 0 amide bonds. The second kappa shape index (κ2) is 6.13. The van der Waals surface area contributed by atoms with Gasteiger partial charge in [0.1, 0.15) is 0 Å². The maximum atomic E-state index is 9.84. The molecular formula is C17H26N2O. The van der Waals surface area contributed by atoms with Gasteiger partial charge in [0.25, 0.3) is 0 Å². The van der Waals surface area contributed by atoms with Gasteiger partial charge in [0.15, 0.2) is 0 Å². The highest BCUT2D eigenvalue weighted by Crippen LogP contribution is 2.37. The van der Waals surface area contributed by atoms with Crippen LogP contribution in [0.4, 0.5) is 5.69 Å². The van der Waals surface area contributed by atoms with Crippen molar-refractivity contribution >= 4 is 5.69 Å². The number of aliphatic hydroxyl groups excluding tert-OH is 1. The Hall–Kier alpha value is -1.09. The van der Waals surface area contributed by atoms with Crippen molar-refractivity contribution in [3.63, 3.8) is 0 Å². The van der Waals surface area contributed by atoms with Crippen molar-refractivity contribution in [1.82, 2.24) is 4.98 Å². The number of pyridine rings is 1. The number of nitrogens with zero attached hydrogens (tertiary/aromatic N) is 2. The van der Waals surface area contributed by atoms with E-state index in [0.29, 0.717) is 0 Å². The standard InChI is InChI=1S/C17H26N2O/c1-2-17(20)15-10-9-14(12-18-15)19-11-5-7-13-6-3-4-8-16(13)19/h9-10,12-13,16-17,20H,2-8,11H2,1H3/t13-,16-,17+/m1/s1. The van der Waals surface area contributed by atoms with E-state index >= 15 is 0 Å². The van der Waals surface area contributed by atoms with Crippen LogP contribution in [-0.4, -0.2) is 22.7 Å². The molecule has 3 nitrogen and oxygen atoms in total. The summed E-state index contributed by atoms with van der Waals surface area (Å²) in [5.41, 5.74) is 2.04. The van der Waals surface area contributed by atoms with Crippen LogP contribution in [0, 0.1) is 5.92 Å². The number of hydrogen-bond acceptors (Lipinski definition) is 3. The third kappa shape index (κ3) is 2.69. The van der Waals surface area contributed by atoms with Crippen LogP contribution in [0.1, 0.15) is 63.7 Å². The largest absolute Gasteiger partial charge is 0.387 e. The van der Waals surface area contributed by atoms with Crippen LogP contribution in [-0.2, 0) is 0 Å². The Bertz CT molecular complexity index is 429. The van der Waals surface area contributed by atoms with Crippen LogP contribution in [0.25, 0.3) is 0 Å². The molecule has 0 unspecified atom stereocenters. The lowest BCUT2D eigenvalue weighted by molar-refractivity contribution is 0.169. The lowest BCUT2D eigenvalue weighted by atomic mass is 9.78. The minimum atomic E-state index is -0.423. The van der Waals surface area contributed by atoms with Crippen molar-refractivity contribution < 1.29 is 5.11 Å². The normalized spacial score (nSPS) is 28.0. The first-order valence-corrected chi connectivity index (χ1v) is 8.20. The smallest absolute Gasteiger partial charge is 0.0957 e. The Morgan fingerprint density at radius 1 is 1.25 bits per heavy atom. The van der Waals surface area contributed by atoms with Gasteiger partial charge in [-0.15, -0.1) is 0 Å². The Morgan fingerprint density at radius 3 is 2.80 bits per heavy atom. The van der Waals surface area contributed by atoms with E-state index in [1.807, 2.05) is 19.2 Å². The molecule has 1 aromatic rings. The molecule has 0 spiro atoms. The summed E-state index contributed by atoms with van der Waals surface area (Å²) in [6, 6.07) is 4.87. The summed E-state index contributed by atoms with van der Waals surface area (Å²) in [7, 11) is 0. The van der Waals surface area contributed by atoms with E-state index in [9.17, 15) is 5.11 Å². The molecule has 3 rings (SSSR count). The summed E-state index contributed by atoms with van der Waals surface area (Å²) in [6.45, 7) is 3.15. The molecule has 2 fully saturated rings. The van der Waals surface area contributed by atoms with Crippen molar-refractivity contribution in [1.29, 1.82) is 0 Å². The summed E-state index contributed by atoms with van der Waals surface area (Å²) in [6.07, 6.45) is 10.5. The molecule has 1 aliphatic heterocycles. The van der Waals surface area contributed by atoms with Crippen LogP contribution in [0.2, 0.25) is 0 Å². The average molecular weight is 274 g/mol. The van der Waals surface area contributed by atoms with E-state index in [1.54, 1.807) is 0 Å². The fraction of sp³-hybridized carbons (Fsp3) is 0.706. The molecule has 2 heterocycles. The van der Waals surface area contributed by atoms with Gasteiger partial charge in [0.05, 0.1) is 23.7 Å². The van der Waals surface area contributed by atoms with E-state index in [4.69, 9.17) is 0 Å². The van der Waals surface area contributed by atoms with Crippen molar-refractivity contribution in [2.45, 2.75) is 64.0 Å². The minimum Gasteiger partial charge on any atom is -0.387 e. The number of aliphatic hydroxyl groups is 1. The predicted molar refractivity (Wildman–Crippen MR) is 81.8 cm³/mol. The average Bonchev–Trinajstić information content (AvgIpc) is 2.54. The van der Waals surface area contributed by atoms with Gasteiger partial charge in [0.2, 0.25) is 0 Å². The van der Waals surface area contributed by atoms with Gasteiger partial charge >= 0.3 is 0 Å². The summed E-state index contributed by atoms with van der Waals surface area (Å²) in [5, 5.41) is 9.84. The van der Waals surface area contributed by atoms with E-state index in [2.05, 4.69) is 16.0 Å². The Labute approximate surface area is 122 Å². The first-order valence-electron chi connectivity index (χ1n) is 8.20. The van der Waals surface area contributed by atoms with Gasteiger partial charge in [-0.05, 0) is 50.2 Å². The van der Waals surface area contributed by atoms with Gasteiger partial charge in [-0.2, -0.15) is 0 Å². The van der Waals surface area contributed by atoms with Crippen LogP contribution in [0.3, 0.4) is 0 Å². The third-order valence-electron chi connectivity index (χ3n) is 5.07. The lowest BCUT2D eigenvalue weighted by Gasteiger charge is -2.45. The summed E-state index contributed by atoms with van der Waals surface area (Å²) < 4.78 is 0. The Balaban J connectivity index is 1.77. The first-order chi connectivity index (χ1) is 9.79. The summed E-state index contributed by atoms with van der Waals surface area (Å²) >= 11 is 0. The second-order valence-electron chi connectivity index (χ2n) is 6.31.